The largest absolute Gasteiger partial charge is 0.326 e. The van der Waals surface area contributed by atoms with E-state index >= 15 is 0 Å². The van der Waals surface area contributed by atoms with Gasteiger partial charge in [0.15, 0.2) is 0 Å². The highest BCUT2D eigenvalue weighted by Crippen LogP contribution is 2.22. The van der Waals surface area contributed by atoms with Gasteiger partial charge in [0.2, 0.25) is 5.91 Å². The highest BCUT2D eigenvalue weighted by atomic mass is 16.6. The van der Waals surface area contributed by atoms with Gasteiger partial charge in [0.25, 0.3) is 5.69 Å². The molecule has 0 spiro atoms. The van der Waals surface area contributed by atoms with Crippen molar-refractivity contribution in [1.82, 2.24) is 0 Å². The normalized spacial score (nSPS) is 9.76. The van der Waals surface area contributed by atoms with Gasteiger partial charge in [-0.25, -0.2) is 0 Å². The van der Waals surface area contributed by atoms with Crippen LogP contribution in [-0.4, -0.2) is 10.8 Å². The molecular weight excluding hydrogens is 222 g/mol. The number of carbonyl (C=O) groups excluding carboxylic acids is 1. The molecule has 0 aliphatic rings. The second-order valence-electron chi connectivity index (χ2n) is 3.74. The van der Waals surface area contributed by atoms with E-state index in [4.69, 9.17) is 5.26 Å². The molecule has 17 heavy (non-hydrogen) atoms. The molecule has 0 atom stereocenters. The van der Waals surface area contributed by atoms with Crippen LogP contribution in [0.4, 0.5) is 11.4 Å². The van der Waals surface area contributed by atoms with Crippen molar-refractivity contribution in [1.29, 1.82) is 5.26 Å². The van der Waals surface area contributed by atoms with E-state index in [1.807, 2.05) is 0 Å². The summed E-state index contributed by atoms with van der Waals surface area (Å²) >= 11 is 0. The second kappa shape index (κ2) is 5.07. The first-order chi connectivity index (χ1) is 7.95. The number of nitriles is 1. The summed E-state index contributed by atoms with van der Waals surface area (Å²) in [6, 6.07) is 5.62. The Bertz CT molecular complexity index is 503. The summed E-state index contributed by atoms with van der Waals surface area (Å²) < 4.78 is 0. The van der Waals surface area contributed by atoms with E-state index in [9.17, 15) is 14.9 Å². The van der Waals surface area contributed by atoms with E-state index in [0.29, 0.717) is 5.69 Å². The van der Waals surface area contributed by atoms with Crippen molar-refractivity contribution >= 4 is 17.3 Å². The Morgan fingerprint density at radius 3 is 2.65 bits per heavy atom. The van der Waals surface area contributed by atoms with Crippen LogP contribution >= 0.6 is 0 Å². The van der Waals surface area contributed by atoms with Crippen LogP contribution in [0.15, 0.2) is 18.2 Å². The van der Waals surface area contributed by atoms with Crippen molar-refractivity contribution < 1.29 is 9.72 Å². The molecule has 1 aromatic rings. The number of rotatable bonds is 3. The molecule has 0 aromatic heterocycles. The van der Waals surface area contributed by atoms with Crippen LogP contribution in [0.5, 0.6) is 0 Å². The van der Waals surface area contributed by atoms with Crippen molar-refractivity contribution in [2.75, 3.05) is 5.32 Å². The maximum atomic E-state index is 11.4. The Morgan fingerprint density at radius 1 is 1.53 bits per heavy atom. The molecule has 1 aromatic carbocycles. The summed E-state index contributed by atoms with van der Waals surface area (Å²) in [5.41, 5.74) is 0.0393. The molecule has 1 rings (SSSR count). The zero-order valence-electron chi connectivity index (χ0n) is 9.43. The zero-order valence-corrected chi connectivity index (χ0v) is 9.43. The number of nitro benzene ring substituents is 1. The van der Waals surface area contributed by atoms with Crippen molar-refractivity contribution in [2.24, 2.45) is 5.92 Å². The van der Waals surface area contributed by atoms with Crippen molar-refractivity contribution in [3.05, 3.63) is 33.9 Å². The fourth-order valence-corrected chi connectivity index (χ4v) is 1.15. The van der Waals surface area contributed by atoms with Crippen LogP contribution < -0.4 is 5.32 Å². The first-order valence-corrected chi connectivity index (χ1v) is 4.95. The summed E-state index contributed by atoms with van der Waals surface area (Å²) in [7, 11) is 0. The summed E-state index contributed by atoms with van der Waals surface area (Å²) in [5, 5.41) is 21.9. The van der Waals surface area contributed by atoms with Crippen LogP contribution in [0.2, 0.25) is 0 Å². The van der Waals surface area contributed by atoms with Gasteiger partial charge < -0.3 is 5.32 Å². The van der Waals surface area contributed by atoms with Crippen LogP contribution in [-0.2, 0) is 4.79 Å². The topological polar surface area (TPSA) is 96.0 Å². The molecule has 1 N–H and O–H groups in total. The lowest BCUT2D eigenvalue weighted by Crippen LogP contribution is -2.17. The number of nitrogens with one attached hydrogen (secondary N) is 1. The fraction of sp³-hybridized carbons (Fsp3) is 0.273. The molecule has 0 fully saturated rings. The molecule has 88 valence electrons. The number of hydrogen-bond donors (Lipinski definition) is 1. The average molecular weight is 233 g/mol. The quantitative estimate of drug-likeness (QED) is 0.638. The zero-order chi connectivity index (χ0) is 13.0. The van der Waals surface area contributed by atoms with Gasteiger partial charge in [0.05, 0.1) is 4.92 Å². The molecular formula is C11H11N3O3. The van der Waals surface area contributed by atoms with E-state index < -0.39 is 4.92 Å². The molecule has 0 unspecified atom stereocenters. The number of carbonyl (C=O) groups is 1. The van der Waals surface area contributed by atoms with Crippen LogP contribution in [0.1, 0.15) is 19.4 Å². The van der Waals surface area contributed by atoms with Gasteiger partial charge in [-0.15, -0.1) is 0 Å². The third kappa shape index (κ3) is 3.01. The second-order valence-corrected chi connectivity index (χ2v) is 3.74. The third-order valence-electron chi connectivity index (χ3n) is 2.11. The molecule has 0 radical (unpaired) electrons. The Morgan fingerprint density at radius 2 is 2.18 bits per heavy atom. The monoisotopic (exact) mass is 233 g/mol. The first-order valence-electron chi connectivity index (χ1n) is 4.95. The van der Waals surface area contributed by atoms with Crippen molar-refractivity contribution in [3.8, 4) is 6.07 Å². The molecule has 0 saturated carbocycles. The lowest BCUT2D eigenvalue weighted by Gasteiger charge is -2.07. The standard InChI is InChI=1S/C11H11N3O3/c1-7(2)11(15)13-9-3-4-10(14(16)17)8(5-9)6-12/h3-5,7H,1-2H3,(H,13,15). The fourth-order valence-electron chi connectivity index (χ4n) is 1.15. The molecule has 1 amide bonds. The predicted octanol–water partition coefficient (Wildman–Crippen LogP) is 2.06. The molecule has 6 heteroatoms. The van der Waals surface area contributed by atoms with Crippen molar-refractivity contribution in [2.45, 2.75) is 13.8 Å². The minimum Gasteiger partial charge on any atom is -0.326 e. The van der Waals surface area contributed by atoms with Gasteiger partial charge >= 0.3 is 0 Å². The maximum absolute atomic E-state index is 11.4. The van der Waals surface area contributed by atoms with Gasteiger partial charge in [-0.3, -0.25) is 14.9 Å². The predicted molar refractivity (Wildman–Crippen MR) is 61.3 cm³/mol. The Kier molecular flexibility index (Phi) is 3.78. The number of nitrogens with zero attached hydrogens (tertiary/aromatic N) is 2. The summed E-state index contributed by atoms with van der Waals surface area (Å²) in [6.45, 7) is 3.46. The summed E-state index contributed by atoms with van der Waals surface area (Å²) in [4.78, 5) is 21.4. The number of hydrogen-bond acceptors (Lipinski definition) is 4. The van der Waals surface area contributed by atoms with E-state index in [1.165, 1.54) is 18.2 Å². The molecule has 0 aliphatic carbocycles. The smallest absolute Gasteiger partial charge is 0.287 e. The summed E-state index contributed by atoms with van der Waals surface area (Å²) in [6.07, 6.45) is 0. The van der Waals surface area contributed by atoms with E-state index in [-0.39, 0.29) is 23.1 Å². The van der Waals surface area contributed by atoms with Gasteiger partial charge in [-0.1, -0.05) is 13.8 Å². The first kappa shape index (κ1) is 12.6. The lowest BCUT2D eigenvalue weighted by atomic mass is 10.1. The molecule has 6 nitrogen and oxygen atoms in total. The summed E-state index contributed by atoms with van der Waals surface area (Å²) in [5.74, 6) is -0.404. The van der Waals surface area contributed by atoms with E-state index in [0.717, 1.165) is 0 Å². The SMILES string of the molecule is CC(C)C(=O)Nc1ccc([N+](=O)[O-])c(C#N)c1. The van der Waals surface area contributed by atoms with Gasteiger partial charge in [-0.2, -0.15) is 5.26 Å². The van der Waals surface area contributed by atoms with E-state index in [1.54, 1.807) is 19.9 Å². The van der Waals surface area contributed by atoms with Gasteiger partial charge in [-0.05, 0) is 12.1 Å². The van der Waals surface area contributed by atoms with Gasteiger partial charge in [0.1, 0.15) is 11.6 Å². The van der Waals surface area contributed by atoms with E-state index in [2.05, 4.69) is 5.32 Å². The van der Waals surface area contributed by atoms with Crippen LogP contribution in [0.3, 0.4) is 0 Å². The lowest BCUT2D eigenvalue weighted by molar-refractivity contribution is -0.385. The highest BCUT2D eigenvalue weighted by molar-refractivity contribution is 5.92. The minimum atomic E-state index is -0.632. The number of amides is 1. The van der Waals surface area contributed by atoms with Crippen LogP contribution in [0.25, 0.3) is 0 Å². The Balaban J connectivity index is 3.03. The number of benzene rings is 1. The highest BCUT2D eigenvalue weighted by Gasteiger charge is 2.15. The Hall–Kier alpha value is -2.42. The average Bonchev–Trinajstić information content (AvgIpc) is 2.28. The minimum absolute atomic E-state index is 0.0726. The molecule has 0 bridgehead atoms. The van der Waals surface area contributed by atoms with Crippen molar-refractivity contribution in [3.63, 3.8) is 0 Å². The molecule has 0 aliphatic heterocycles. The number of anilines is 1. The molecule has 0 saturated heterocycles. The third-order valence-corrected chi connectivity index (χ3v) is 2.11. The maximum Gasteiger partial charge on any atom is 0.287 e. The number of nitro groups is 1. The van der Waals surface area contributed by atoms with Crippen LogP contribution in [0, 0.1) is 27.4 Å². The van der Waals surface area contributed by atoms with Gasteiger partial charge in [0, 0.05) is 17.7 Å². The Labute approximate surface area is 98.0 Å². The molecule has 0 heterocycles.